The molecule has 1 aliphatic heterocycles. The van der Waals surface area contributed by atoms with Crippen LogP contribution in [0.2, 0.25) is 0 Å². The fourth-order valence-corrected chi connectivity index (χ4v) is 2.90. The molecule has 0 spiro atoms. The smallest absolute Gasteiger partial charge is 0.203 e. The Labute approximate surface area is 113 Å². The summed E-state index contributed by atoms with van der Waals surface area (Å²) < 4.78 is 8.51. The Bertz CT molecular complexity index is 589. The number of aromatic nitrogens is 3. The molecule has 1 unspecified atom stereocenters. The normalized spacial score (nSPS) is 24.6. The van der Waals surface area contributed by atoms with Gasteiger partial charge in [0.05, 0.1) is 12.1 Å². The van der Waals surface area contributed by atoms with E-state index in [4.69, 9.17) is 10.5 Å². The van der Waals surface area contributed by atoms with Crippen molar-refractivity contribution in [3.63, 3.8) is 0 Å². The third kappa shape index (κ3) is 1.80. The molecule has 2 aromatic heterocycles. The standard InChI is InChI=1S/C12H15BrN4O/c1-12(3-2-4-18-7-12)17-10-9(16-11(17)14)5-8(13)6-15-10/h5-6H,2-4,7H2,1H3,(H2,14,16). The fourth-order valence-electron chi connectivity index (χ4n) is 2.59. The largest absolute Gasteiger partial charge is 0.379 e. The topological polar surface area (TPSA) is 66.0 Å². The Morgan fingerprint density at radius 2 is 2.39 bits per heavy atom. The van der Waals surface area contributed by atoms with E-state index in [9.17, 15) is 0 Å². The van der Waals surface area contributed by atoms with Crippen LogP contribution in [0.4, 0.5) is 5.95 Å². The average molecular weight is 311 g/mol. The number of pyridine rings is 1. The van der Waals surface area contributed by atoms with Gasteiger partial charge in [0.1, 0.15) is 5.52 Å². The van der Waals surface area contributed by atoms with Gasteiger partial charge in [-0.05, 0) is 41.8 Å². The van der Waals surface area contributed by atoms with Crippen LogP contribution in [-0.4, -0.2) is 27.7 Å². The van der Waals surface area contributed by atoms with E-state index in [2.05, 4.69) is 32.8 Å². The second-order valence-electron chi connectivity index (χ2n) is 4.95. The lowest BCUT2D eigenvalue weighted by atomic mass is 9.94. The molecule has 0 saturated carbocycles. The highest BCUT2D eigenvalue weighted by molar-refractivity contribution is 9.10. The van der Waals surface area contributed by atoms with Crippen LogP contribution in [0.15, 0.2) is 16.7 Å². The highest BCUT2D eigenvalue weighted by Gasteiger charge is 2.33. The quantitative estimate of drug-likeness (QED) is 0.877. The minimum atomic E-state index is -0.155. The van der Waals surface area contributed by atoms with Gasteiger partial charge in [0.15, 0.2) is 5.65 Å². The summed E-state index contributed by atoms with van der Waals surface area (Å²) in [7, 11) is 0. The van der Waals surface area contributed by atoms with Crippen LogP contribution < -0.4 is 5.73 Å². The monoisotopic (exact) mass is 310 g/mol. The predicted molar refractivity (Wildman–Crippen MR) is 73.3 cm³/mol. The van der Waals surface area contributed by atoms with Crippen molar-refractivity contribution in [1.29, 1.82) is 0 Å². The molecular formula is C12H15BrN4O. The number of imidazole rings is 1. The summed E-state index contributed by atoms with van der Waals surface area (Å²) in [4.78, 5) is 8.83. The number of halogens is 1. The molecule has 3 rings (SSSR count). The van der Waals surface area contributed by atoms with Crippen molar-refractivity contribution in [3.8, 4) is 0 Å². The van der Waals surface area contributed by atoms with E-state index >= 15 is 0 Å². The van der Waals surface area contributed by atoms with Gasteiger partial charge in [-0.1, -0.05) is 0 Å². The Hall–Kier alpha value is -1.14. The van der Waals surface area contributed by atoms with E-state index in [0.717, 1.165) is 35.1 Å². The Morgan fingerprint density at radius 3 is 3.11 bits per heavy atom. The molecule has 0 aromatic carbocycles. The molecule has 1 aliphatic rings. The number of hydrogen-bond donors (Lipinski definition) is 1. The fraction of sp³-hybridized carbons (Fsp3) is 0.500. The number of nitrogen functional groups attached to an aromatic ring is 1. The van der Waals surface area contributed by atoms with E-state index in [-0.39, 0.29) is 5.54 Å². The van der Waals surface area contributed by atoms with Crippen molar-refractivity contribution in [2.45, 2.75) is 25.3 Å². The van der Waals surface area contributed by atoms with E-state index in [1.807, 2.05) is 10.6 Å². The number of anilines is 1. The summed E-state index contributed by atoms with van der Waals surface area (Å²) in [5.74, 6) is 0.503. The molecule has 0 bridgehead atoms. The second kappa shape index (κ2) is 4.20. The zero-order valence-corrected chi connectivity index (χ0v) is 11.8. The van der Waals surface area contributed by atoms with E-state index in [1.165, 1.54) is 0 Å². The summed E-state index contributed by atoms with van der Waals surface area (Å²) in [6, 6.07) is 1.93. The molecule has 2 N–H and O–H groups in total. The van der Waals surface area contributed by atoms with Gasteiger partial charge in [-0.3, -0.25) is 4.57 Å². The third-order valence-electron chi connectivity index (χ3n) is 3.45. The van der Waals surface area contributed by atoms with Gasteiger partial charge in [0.25, 0.3) is 0 Å². The van der Waals surface area contributed by atoms with Crippen LogP contribution in [0.3, 0.4) is 0 Å². The maximum Gasteiger partial charge on any atom is 0.203 e. The van der Waals surface area contributed by atoms with Crippen LogP contribution in [0.5, 0.6) is 0 Å². The number of ether oxygens (including phenoxy) is 1. The van der Waals surface area contributed by atoms with Gasteiger partial charge < -0.3 is 10.5 Å². The van der Waals surface area contributed by atoms with Gasteiger partial charge in [-0.25, -0.2) is 9.97 Å². The first-order valence-electron chi connectivity index (χ1n) is 5.98. The van der Waals surface area contributed by atoms with E-state index < -0.39 is 0 Å². The van der Waals surface area contributed by atoms with Crippen LogP contribution in [0, 0.1) is 0 Å². The zero-order chi connectivity index (χ0) is 12.8. The molecule has 0 aliphatic carbocycles. The SMILES string of the molecule is CC1(n2c(N)nc3cc(Br)cnc32)CCCOC1. The molecule has 2 aromatic rings. The lowest BCUT2D eigenvalue weighted by Crippen LogP contribution is -2.39. The predicted octanol–water partition coefficient (Wildman–Crippen LogP) is 2.30. The van der Waals surface area contributed by atoms with Crippen molar-refractivity contribution in [2.24, 2.45) is 0 Å². The van der Waals surface area contributed by atoms with Crippen LogP contribution in [-0.2, 0) is 10.3 Å². The molecular weight excluding hydrogens is 296 g/mol. The van der Waals surface area contributed by atoms with Gasteiger partial charge in [0, 0.05) is 17.3 Å². The maximum atomic E-state index is 6.06. The molecule has 18 heavy (non-hydrogen) atoms. The molecule has 1 fully saturated rings. The third-order valence-corrected chi connectivity index (χ3v) is 3.88. The molecule has 0 radical (unpaired) electrons. The first-order valence-corrected chi connectivity index (χ1v) is 6.77. The van der Waals surface area contributed by atoms with E-state index in [1.54, 1.807) is 6.20 Å². The lowest BCUT2D eigenvalue weighted by molar-refractivity contribution is 0.0122. The average Bonchev–Trinajstić information content (AvgIpc) is 2.65. The first kappa shape index (κ1) is 11.9. The highest BCUT2D eigenvalue weighted by Crippen LogP contribution is 2.33. The highest BCUT2D eigenvalue weighted by atomic mass is 79.9. The van der Waals surface area contributed by atoms with Crippen molar-refractivity contribution in [3.05, 3.63) is 16.7 Å². The minimum absolute atomic E-state index is 0.155. The van der Waals surface area contributed by atoms with Crippen molar-refractivity contribution < 1.29 is 4.74 Å². The summed E-state index contributed by atoms with van der Waals surface area (Å²) in [5.41, 5.74) is 7.54. The molecule has 1 atom stereocenters. The second-order valence-corrected chi connectivity index (χ2v) is 5.87. The maximum absolute atomic E-state index is 6.06. The molecule has 5 nitrogen and oxygen atoms in total. The van der Waals surface area contributed by atoms with Gasteiger partial charge in [-0.2, -0.15) is 0 Å². The molecule has 0 amide bonds. The lowest BCUT2D eigenvalue weighted by Gasteiger charge is -2.35. The Morgan fingerprint density at radius 1 is 1.56 bits per heavy atom. The van der Waals surface area contributed by atoms with E-state index in [0.29, 0.717) is 12.6 Å². The summed E-state index contributed by atoms with van der Waals surface area (Å²) in [6.07, 6.45) is 3.83. The summed E-state index contributed by atoms with van der Waals surface area (Å²) in [6.45, 7) is 3.62. The number of rotatable bonds is 1. The minimum Gasteiger partial charge on any atom is -0.379 e. The molecule has 96 valence electrons. The number of nitrogens with zero attached hydrogens (tertiary/aromatic N) is 3. The van der Waals surface area contributed by atoms with Crippen molar-refractivity contribution in [1.82, 2.24) is 14.5 Å². The zero-order valence-electron chi connectivity index (χ0n) is 10.2. The van der Waals surface area contributed by atoms with Crippen molar-refractivity contribution >= 4 is 33.0 Å². The number of nitrogens with two attached hydrogens (primary N) is 1. The van der Waals surface area contributed by atoms with Gasteiger partial charge in [-0.15, -0.1) is 0 Å². The summed E-state index contributed by atoms with van der Waals surface area (Å²) >= 11 is 3.40. The van der Waals surface area contributed by atoms with Gasteiger partial charge >= 0.3 is 0 Å². The molecule has 1 saturated heterocycles. The first-order chi connectivity index (χ1) is 8.60. The molecule has 3 heterocycles. The van der Waals surface area contributed by atoms with Crippen LogP contribution in [0.25, 0.3) is 11.2 Å². The van der Waals surface area contributed by atoms with Gasteiger partial charge in [0.2, 0.25) is 5.95 Å². The Balaban J connectivity index is 2.18. The van der Waals surface area contributed by atoms with Crippen LogP contribution in [0.1, 0.15) is 19.8 Å². The van der Waals surface area contributed by atoms with Crippen LogP contribution >= 0.6 is 15.9 Å². The number of fused-ring (bicyclic) bond motifs is 1. The summed E-state index contributed by atoms with van der Waals surface area (Å²) in [5, 5.41) is 0. The van der Waals surface area contributed by atoms with Crippen molar-refractivity contribution in [2.75, 3.05) is 18.9 Å². The molecule has 6 heteroatoms. The number of hydrogen-bond acceptors (Lipinski definition) is 4. The Kier molecular flexibility index (Phi) is 2.79.